The molecule has 0 saturated carbocycles. The SMILES string of the molecule is N#Cc1ccc([C]=O)cc1[N+](=O)[O-]. The monoisotopic (exact) mass is 175 g/mol. The van der Waals surface area contributed by atoms with Crippen LogP contribution in [0.5, 0.6) is 0 Å². The van der Waals surface area contributed by atoms with Gasteiger partial charge in [0.15, 0.2) is 0 Å². The lowest BCUT2D eigenvalue weighted by Gasteiger charge is -1.93. The Bertz CT molecular complexity index is 406. The molecule has 0 aliphatic heterocycles. The van der Waals surface area contributed by atoms with Crippen LogP contribution in [-0.4, -0.2) is 11.2 Å². The number of nitro groups is 1. The average Bonchev–Trinajstić information content (AvgIpc) is 2.16. The first-order valence-electron chi connectivity index (χ1n) is 3.25. The number of hydrogen-bond acceptors (Lipinski definition) is 4. The van der Waals surface area contributed by atoms with E-state index in [1.807, 2.05) is 0 Å². The van der Waals surface area contributed by atoms with Crippen molar-refractivity contribution in [3.05, 3.63) is 39.4 Å². The minimum Gasteiger partial charge on any atom is -0.285 e. The van der Waals surface area contributed by atoms with E-state index in [1.54, 1.807) is 6.07 Å². The van der Waals surface area contributed by atoms with Gasteiger partial charge in [0, 0.05) is 11.6 Å². The van der Waals surface area contributed by atoms with E-state index < -0.39 is 4.92 Å². The summed E-state index contributed by atoms with van der Waals surface area (Å²) in [4.78, 5) is 19.8. The van der Waals surface area contributed by atoms with E-state index in [9.17, 15) is 14.9 Å². The van der Waals surface area contributed by atoms with E-state index in [2.05, 4.69) is 0 Å². The summed E-state index contributed by atoms with van der Waals surface area (Å²) in [7, 11) is 0. The Morgan fingerprint density at radius 1 is 1.46 bits per heavy atom. The molecule has 0 unspecified atom stereocenters. The van der Waals surface area contributed by atoms with E-state index >= 15 is 0 Å². The number of hydrogen-bond donors (Lipinski definition) is 0. The highest BCUT2D eigenvalue weighted by Crippen LogP contribution is 2.18. The fraction of sp³-hybridized carbons (Fsp3) is 0. The highest BCUT2D eigenvalue weighted by Gasteiger charge is 2.13. The largest absolute Gasteiger partial charge is 0.287 e. The second kappa shape index (κ2) is 3.45. The van der Waals surface area contributed by atoms with Crippen molar-refractivity contribution in [1.82, 2.24) is 0 Å². The Hall–Kier alpha value is -2.22. The molecule has 0 fully saturated rings. The third kappa shape index (κ3) is 1.68. The van der Waals surface area contributed by atoms with Gasteiger partial charge < -0.3 is 0 Å². The van der Waals surface area contributed by atoms with Gasteiger partial charge in [-0.05, 0) is 12.1 Å². The molecule has 0 spiro atoms. The molecule has 63 valence electrons. The van der Waals surface area contributed by atoms with Gasteiger partial charge in [-0.15, -0.1) is 0 Å². The minimum atomic E-state index is -0.709. The molecular formula is C8H3N2O3. The molecule has 1 radical (unpaired) electrons. The first-order chi connectivity index (χ1) is 6.19. The Balaban J connectivity index is 3.36. The van der Waals surface area contributed by atoms with Gasteiger partial charge >= 0.3 is 0 Å². The van der Waals surface area contributed by atoms with Crippen LogP contribution < -0.4 is 0 Å². The van der Waals surface area contributed by atoms with Gasteiger partial charge in [-0.25, -0.2) is 0 Å². The molecule has 0 heterocycles. The van der Waals surface area contributed by atoms with Crippen molar-refractivity contribution >= 4 is 12.0 Å². The van der Waals surface area contributed by atoms with Gasteiger partial charge in [-0.3, -0.25) is 14.9 Å². The molecule has 0 N–H and O–H groups in total. The van der Waals surface area contributed by atoms with E-state index in [4.69, 9.17) is 5.26 Å². The van der Waals surface area contributed by atoms with Gasteiger partial charge in [0.1, 0.15) is 11.6 Å². The molecule has 1 rings (SSSR count). The maximum absolute atomic E-state index is 10.4. The molecule has 5 heteroatoms. The predicted octanol–water partition coefficient (Wildman–Crippen LogP) is 0.924. The van der Waals surface area contributed by atoms with Crippen molar-refractivity contribution in [1.29, 1.82) is 5.26 Å². The molecular weight excluding hydrogens is 172 g/mol. The van der Waals surface area contributed by atoms with Gasteiger partial charge in [-0.1, -0.05) is 0 Å². The van der Waals surface area contributed by atoms with Gasteiger partial charge in [0.05, 0.1) is 4.92 Å². The van der Waals surface area contributed by atoms with Crippen molar-refractivity contribution in [2.24, 2.45) is 0 Å². The zero-order valence-corrected chi connectivity index (χ0v) is 6.35. The highest BCUT2D eigenvalue weighted by molar-refractivity contribution is 5.77. The van der Waals surface area contributed by atoms with E-state index in [1.165, 1.54) is 18.4 Å². The molecule has 0 aromatic heterocycles. The van der Waals surface area contributed by atoms with Crippen LogP contribution in [0.1, 0.15) is 11.1 Å². The zero-order valence-electron chi connectivity index (χ0n) is 6.35. The standard InChI is InChI=1S/C8H3N2O3/c9-4-7-2-1-6(5-11)3-8(7)10(12)13/h1-3H. The van der Waals surface area contributed by atoms with Crippen LogP contribution in [0.15, 0.2) is 18.2 Å². The predicted molar refractivity (Wildman–Crippen MR) is 42.6 cm³/mol. The first-order valence-corrected chi connectivity index (χ1v) is 3.25. The molecule has 0 atom stereocenters. The molecule has 0 bridgehead atoms. The molecule has 0 saturated heterocycles. The lowest BCUT2D eigenvalue weighted by molar-refractivity contribution is -0.385. The van der Waals surface area contributed by atoms with Gasteiger partial charge in [-0.2, -0.15) is 5.26 Å². The second-order valence-corrected chi connectivity index (χ2v) is 2.20. The molecule has 1 aromatic rings. The van der Waals surface area contributed by atoms with Crippen molar-refractivity contribution < 1.29 is 9.72 Å². The normalized spacial score (nSPS) is 8.85. The molecule has 13 heavy (non-hydrogen) atoms. The van der Waals surface area contributed by atoms with E-state index in [0.29, 0.717) is 0 Å². The summed E-state index contributed by atoms with van der Waals surface area (Å²) in [6, 6.07) is 5.20. The maximum Gasteiger partial charge on any atom is 0.287 e. The Kier molecular flexibility index (Phi) is 2.36. The lowest BCUT2D eigenvalue weighted by Crippen LogP contribution is -1.93. The molecule has 1 aromatic carbocycles. The smallest absolute Gasteiger partial charge is 0.285 e. The number of nitriles is 1. The number of rotatable bonds is 2. The van der Waals surface area contributed by atoms with Crippen LogP contribution in [0, 0.1) is 21.4 Å². The van der Waals surface area contributed by atoms with Crippen molar-refractivity contribution in [3.63, 3.8) is 0 Å². The Morgan fingerprint density at radius 2 is 2.15 bits per heavy atom. The van der Waals surface area contributed by atoms with Crippen molar-refractivity contribution in [2.45, 2.75) is 0 Å². The number of carbonyl (C=O) groups excluding carboxylic acids is 1. The summed E-state index contributed by atoms with van der Waals surface area (Å²) < 4.78 is 0. The van der Waals surface area contributed by atoms with Crippen LogP contribution in [0.3, 0.4) is 0 Å². The van der Waals surface area contributed by atoms with Crippen LogP contribution >= 0.6 is 0 Å². The minimum absolute atomic E-state index is 0.0608. The van der Waals surface area contributed by atoms with Crippen LogP contribution in [0.4, 0.5) is 5.69 Å². The molecule has 0 amide bonds. The summed E-state index contributed by atoms with van der Waals surface area (Å²) in [6.45, 7) is 0. The highest BCUT2D eigenvalue weighted by atomic mass is 16.6. The summed E-state index contributed by atoms with van der Waals surface area (Å²) in [5.41, 5.74) is -0.377. The summed E-state index contributed by atoms with van der Waals surface area (Å²) in [5.74, 6) is 0. The van der Waals surface area contributed by atoms with Crippen LogP contribution in [0.2, 0.25) is 0 Å². The molecule has 5 nitrogen and oxygen atoms in total. The molecule has 0 aliphatic rings. The summed E-state index contributed by atoms with van der Waals surface area (Å²) in [6.07, 6.45) is 1.51. The number of benzene rings is 1. The van der Waals surface area contributed by atoms with Crippen LogP contribution in [-0.2, 0) is 4.79 Å². The quantitative estimate of drug-likeness (QED) is 0.494. The van der Waals surface area contributed by atoms with E-state index in [0.717, 1.165) is 6.07 Å². The third-order valence-corrected chi connectivity index (χ3v) is 1.43. The lowest BCUT2D eigenvalue weighted by atomic mass is 10.1. The third-order valence-electron chi connectivity index (χ3n) is 1.43. The van der Waals surface area contributed by atoms with Crippen molar-refractivity contribution in [2.75, 3.05) is 0 Å². The second-order valence-electron chi connectivity index (χ2n) is 2.20. The fourth-order valence-electron chi connectivity index (χ4n) is 0.841. The number of nitro benzene ring substituents is 1. The first kappa shape index (κ1) is 8.87. The molecule has 0 aliphatic carbocycles. The fourth-order valence-corrected chi connectivity index (χ4v) is 0.841. The Morgan fingerprint density at radius 3 is 2.62 bits per heavy atom. The number of nitrogens with zero attached hydrogens (tertiary/aromatic N) is 2. The summed E-state index contributed by atoms with van der Waals surface area (Å²) in [5, 5.41) is 18.9. The Labute approximate surface area is 73.4 Å². The van der Waals surface area contributed by atoms with E-state index in [-0.39, 0.29) is 16.8 Å². The zero-order chi connectivity index (χ0) is 9.84. The maximum atomic E-state index is 10.4. The summed E-state index contributed by atoms with van der Waals surface area (Å²) >= 11 is 0. The van der Waals surface area contributed by atoms with Gasteiger partial charge in [0.2, 0.25) is 6.29 Å². The van der Waals surface area contributed by atoms with Gasteiger partial charge in [0.25, 0.3) is 5.69 Å². The topological polar surface area (TPSA) is 84.0 Å². The van der Waals surface area contributed by atoms with Crippen LogP contribution in [0.25, 0.3) is 0 Å². The average molecular weight is 175 g/mol. The van der Waals surface area contributed by atoms with Crippen molar-refractivity contribution in [3.8, 4) is 6.07 Å².